The summed E-state index contributed by atoms with van der Waals surface area (Å²) in [6.45, 7) is 3.61. The highest BCUT2D eigenvalue weighted by Gasteiger charge is 2.33. The first-order valence-electron chi connectivity index (χ1n) is 9.01. The second kappa shape index (κ2) is 11.0. The molecule has 1 rings (SSSR count). The van der Waals surface area contributed by atoms with Crippen LogP contribution in [0.5, 0.6) is 0 Å². The van der Waals surface area contributed by atoms with E-state index in [0.717, 1.165) is 19.3 Å². The predicted molar refractivity (Wildman–Crippen MR) is 94.7 cm³/mol. The fourth-order valence-corrected chi connectivity index (χ4v) is 2.53. The van der Waals surface area contributed by atoms with Gasteiger partial charge in [-0.15, -0.1) is 0 Å². The van der Waals surface area contributed by atoms with E-state index in [1.54, 1.807) is 30.3 Å². The van der Waals surface area contributed by atoms with Crippen LogP contribution in [-0.2, 0) is 9.53 Å². The van der Waals surface area contributed by atoms with Crippen molar-refractivity contribution in [2.45, 2.75) is 77.2 Å². The Kier molecular flexibility index (Phi) is 9.31. The largest absolute Gasteiger partial charge is 0.387 e. The van der Waals surface area contributed by atoms with Gasteiger partial charge >= 0.3 is 11.9 Å². The molecular formula is C20H30O4. The van der Waals surface area contributed by atoms with Crippen LogP contribution in [0.4, 0.5) is 0 Å². The molecule has 1 atom stereocenters. The highest BCUT2D eigenvalue weighted by atomic mass is 16.6. The van der Waals surface area contributed by atoms with Gasteiger partial charge in [-0.3, -0.25) is 0 Å². The van der Waals surface area contributed by atoms with E-state index >= 15 is 0 Å². The lowest BCUT2D eigenvalue weighted by molar-refractivity contribution is -0.158. The van der Waals surface area contributed by atoms with Crippen molar-refractivity contribution in [2.24, 2.45) is 0 Å². The Labute approximate surface area is 145 Å². The minimum Gasteiger partial charge on any atom is -0.387 e. The molecule has 0 aromatic heterocycles. The van der Waals surface area contributed by atoms with Gasteiger partial charge in [-0.1, -0.05) is 70.1 Å². The van der Waals surface area contributed by atoms with Crippen molar-refractivity contribution in [3.63, 3.8) is 0 Å². The van der Waals surface area contributed by atoms with E-state index in [0.29, 0.717) is 12.0 Å². The molecule has 0 aliphatic heterocycles. The average Bonchev–Trinajstić information content (AvgIpc) is 2.58. The van der Waals surface area contributed by atoms with Gasteiger partial charge in [0.25, 0.3) is 0 Å². The Hall–Kier alpha value is -1.68. The van der Waals surface area contributed by atoms with E-state index in [2.05, 4.69) is 6.92 Å². The molecule has 4 heteroatoms. The normalized spacial score (nSPS) is 13.3. The molecule has 24 heavy (non-hydrogen) atoms. The third-order valence-electron chi connectivity index (χ3n) is 4.15. The van der Waals surface area contributed by atoms with Crippen molar-refractivity contribution in [1.82, 2.24) is 0 Å². The molecule has 1 N–H and O–H groups in total. The number of carbonyl (C=O) groups is 2. The van der Waals surface area contributed by atoms with Crippen LogP contribution < -0.4 is 0 Å². The molecule has 0 aliphatic rings. The summed E-state index contributed by atoms with van der Waals surface area (Å²) in [5.74, 6) is -1.60. The quantitative estimate of drug-likeness (QED) is 0.363. The molecular weight excluding hydrogens is 304 g/mol. The minimum absolute atomic E-state index is 0.300. The Balaban J connectivity index is 2.26. The summed E-state index contributed by atoms with van der Waals surface area (Å²) >= 11 is 0. The molecule has 1 aromatic rings. The lowest BCUT2D eigenvalue weighted by atomic mass is 9.97. The first kappa shape index (κ1) is 20.4. The Bertz CT molecular complexity index is 494. The van der Waals surface area contributed by atoms with Crippen molar-refractivity contribution in [2.75, 3.05) is 0 Å². The van der Waals surface area contributed by atoms with Crippen LogP contribution in [0.3, 0.4) is 0 Å². The first-order chi connectivity index (χ1) is 11.5. The number of hydrogen-bond acceptors (Lipinski definition) is 4. The Morgan fingerprint density at radius 2 is 1.50 bits per heavy atom. The van der Waals surface area contributed by atoms with Crippen LogP contribution in [0.1, 0.15) is 82.0 Å². The summed E-state index contributed by atoms with van der Waals surface area (Å²) < 4.78 is 4.80. The Morgan fingerprint density at radius 1 is 0.958 bits per heavy atom. The van der Waals surface area contributed by atoms with E-state index in [1.165, 1.54) is 39.0 Å². The van der Waals surface area contributed by atoms with Gasteiger partial charge in [-0.2, -0.15) is 0 Å². The second-order valence-corrected chi connectivity index (χ2v) is 6.54. The van der Waals surface area contributed by atoms with Gasteiger partial charge in [0.05, 0.1) is 5.56 Å². The average molecular weight is 334 g/mol. The summed E-state index contributed by atoms with van der Waals surface area (Å²) in [5, 5.41) is 10.2. The number of esters is 2. The highest BCUT2D eigenvalue weighted by molar-refractivity contribution is 5.98. The van der Waals surface area contributed by atoms with Gasteiger partial charge in [-0.05, 0) is 31.9 Å². The number of unbranched alkanes of at least 4 members (excludes halogenated alkanes) is 7. The Morgan fingerprint density at radius 3 is 2.08 bits per heavy atom. The topological polar surface area (TPSA) is 63.6 Å². The summed E-state index contributed by atoms with van der Waals surface area (Å²) in [7, 11) is 0. The van der Waals surface area contributed by atoms with Crippen LogP contribution in [0, 0.1) is 0 Å². The lowest BCUT2D eigenvalue weighted by Crippen LogP contribution is -2.38. The van der Waals surface area contributed by atoms with Gasteiger partial charge in [-0.25, -0.2) is 9.59 Å². The highest BCUT2D eigenvalue weighted by Crippen LogP contribution is 2.18. The van der Waals surface area contributed by atoms with E-state index in [9.17, 15) is 14.7 Å². The number of benzene rings is 1. The monoisotopic (exact) mass is 334 g/mol. The van der Waals surface area contributed by atoms with E-state index in [-0.39, 0.29) is 0 Å². The molecule has 0 fully saturated rings. The molecule has 0 amide bonds. The van der Waals surface area contributed by atoms with Gasteiger partial charge < -0.3 is 9.84 Å². The maximum absolute atomic E-state index is 12.0. The van der Waals surface area contributed by atoms with Gasteiger partial charge in [0.15, 0.2) is 5.60 Å². The standard InChI is InChI=1S/C20H30O4/c1-3-4-5-6-7-8-9-13-16-20(2,23)19(22)24-18(21)17-14-11-10-12-15-17/h10-12,14-15,23H,3-9,13,16H2,1-2H3. The predicted octanol–water partition coefficient (Wildman–Crippen LogP) is 4.65. The van der Waals surface area contributed by atoms with Gasteiger partial charge in [0, 0.05) is 0 Å². The SMILES string of the molecule is CCCCCCCCCCC(C)(O)C(=O)OC(=O)c1ccccc1. The minimum atomic E-state index is -1.62. The van der Waals surface area contributed by atoms with Crippen molar-refractivity contribution in [3.8, 4) is 0 Å². The number of carbonyl (C=O) groups excluding carboxylic acids is 2. The zero-order valence-electron chi connectivity index (χ0n) is 14.9. The molecule has 0 bridgehead atoms. The van der Waals surface area contributed by atoms with E-state index in [1.807, 2.05) is 0 Å². The van der Waals surface area contributed by atoms with Crippen molar-refractivity contribution in [1.29, 1.82) is 0 Å². The smallest absolute Gasteiger partial charge is 0.345 e. The maximum atomic E-state index is 12.0. The summed E-state index contributed by atoms with van der Waals surface area (Å²) in [6, 6.07) is 8.31. The molecule has 0 saturated heterocycles. The third-order valence-corrected chi connectivity index (χ3v) is 4.15. The second-order valence-electron chi connectivity index (χ2n) is 6.54. The van der Waals surface area contributed by atoms with Crippen LogP contribution >= 0.6 is 0 Å². The molecule has 1 aromatic carbocycles. The fourth-order valence-electron chi connectivity index (χ4n) is 2.53. The lowest BCUT2D eigenvalue weighted by Gasteiger charge is -2.20. The molecule has 134 valence electrons. The number of aliphatic hydroxyl groups is 1. The van der Waals surface area contributed by atoms with Crippen LogP contribution in [-0.4, -0.2) is 22.6 Å². The van der Waals surface area contributed by atoms with Crippen molar-refractivity contribution >= 4 is 11.9 Å². The molecule has 0 spiro atoms. The summed E-state index contributed by atoms with van der Waals surface area (Å²) in [4.78, 5) is 23.8. The van der Waals surface area contributed by atoms with Crippen LogP contribution in [0.15, 0.2) is 30.3 Å². The van der Waals surface area contributed by atoms with Gasteiger partial charge in [0.1, 0.15) is 0 Å². The number of ether oxygens (including phenoxy) is 1. The number of hydrogen-bond donors (Lipinski definition) is 1. The molecule has 0 saturated carbocycles. The van der Waals surface area contributed by atoms with E-state index < -0.39 is 17.5 Å². The summed E-state index contributed by atoms with van der Waals surface area (Å²) in [6.07, 6.45) is 9.39. The van der Waals surface area contributed by atoms with E-state index in [4.69, 9.17) is 4.74 Å². The molecule has 4 nitrogen and oxygen atoms in total. The molecule has 0 radical (unpaired) electrons. The van der Waals surface area contributed by atoms with Gasteiger partial charge in [0.2, 0.25) is 0 Å². The van der Waals surface area contributed by atoms with Crippen LogP contribution in [0.2, 0.25) is 0 Å². The fraction of sp³-hybridized carbons (Fsp3) is 0.600. The molecule has 0 aliphatic carbocycles. The third kappa shape index (κ3) is 7.73. The van der Waals surface area contributed by atoms with Crippen molar-refractivity contribution < 1.29 is 19.4 Å². The molecule has 1 unspecified atom stereocenters. The molecule has 0 heterocycles. The zero-order chi connectivity index (χ0) is 17.8. The number of rotatable bonds is 11. The zero-order valence-corrected chi connectivity index (χ0v) is 14.9. The van der Waals surface area contributed by atoms with Crippen LogP contribution in [0.25, 0.3) is 0 Å². The maximum Gasteiger partial charge on any atom is 0.345 e. The first-order valence-corrected chi connectivity index (χ1v) is 9.01. The van der Waals surface area contributed by atoms with Crippen molar-refractivity contribution in [3.05, 3.63) is 35.9 Å². The summed E-state index contributed by atoms with van der Waals surface area (Å²) in [5.41, 5.74) is -1.32.